The Labute approximate surface area is 372 Å². The maximum Gasteiger partial charge on any atom is 0.269 e. The molecule has 2 amide bonds. The van der Waals surface area contributed by atoms with Crippen LogP contribution >= 0.6 is 0 Å². The van der Waals surface area contributed by atoms with Crippen molar-refractivity contribution < 1.29 is 19.1 Å². The van der Waals surface area contributed by atoms with E-state index in [9.17, 15) is 9.59 Å². The molecule has 1 atom stereocenters. The van der Waals surface area contributed by atoms with Gasteiger partial charge in [0.25, 0.3) is 11.8 Å². The van der Waals surface area contributed by atoms with E-state index >= 15 is 0 Å². The van der Waals surface area contributed by atoms with Crippen molar-refractivity contribution in [1.82, 2.24) is 19.7 Å². The predicted octanol–water partition coefficient (Wildman–Crippen LogP) is 9.04. The zero-order valence-corrected chi connectivity index (χ0v) is 36.2. The number of anilines is 3. The number of likely N-dealkylation sites (N-methyl/N-ethyl adjacent to an activating group) is 1. The lowest BCUT2D eigenvalue weighted by Gasteiger charge is -2.38. The number of fused-ring (bicyclic) bond motifs is 2. The van der Waals surface area contributed by atoms with E-state index in [4.69, 9.17) is 30.9 Å². The van der Waals surface area contributed by atoms with Gasteiger partial charge in [-0.3, -0.25) is 19.2 Å². The summed E-state index contributed by atoms with van der Waals surface area (Å²) in [7, 11) is 3.59. The summed E-state index contributed by atoms with van der Waals surface area (Å²) in [5, 5.41) is 4.24. The summed E-state index contributed by atoms with van der Waals surface area (Å²) in [6.07, 6.45) is 9.39. The molecule has 64 heavy (non-hydrogen) atoms. The van der Waals surface area contributed by atoms with Crippen LogP contribution in [0.15, 0.2) is 134 Å². The third-order valence-corrected chi connectivity index (χ3v) is 13.2. The molecule has 0 radical (unpaired) electrons. The second-order valence-corrected chi connectivity index (χ2v) is 17.4. The van der Waals surface area contributed by atoms with Gasteiger partial charge in [0.1, 0.15) is 11.4 Å². The fourth-order valence-corrected chi connectivity index (χ4v) is 9.04. The Hall–Kier alpha value is -7.15. The Morgan fingerprint density at radius 2 is 1.14 bits per heavy atom. The molecule has 4 aliphatic rings. The lowest BCUT2D eigenvalue weighted by molar-refractivity contribution is -0.125. The third-order valence-electron chi connectivity index (χ3n) is 13.2. The highest BCUT2D eigenvalue weighted by atomic mass is 16.5. The number of hydrogen-bond acceptors (Lipinski definition) is 9. The van der Waals surface area contributed by atoms with Crippen LogP contribution in [0.3, 0.4) is 0 Å². The molecule has 4 N–H and O–H groups in total. The molecule has 2 aliphatic carbocycles. The molecule has 2 aliphatic heterocycles. The molecule has 322 valence electrons. The Kier molecular flexibility index (Phi) is 10.3. The van der Waals surface area contributed by atoms with Gasteiger partial charge in [-0.05, 0) is 79.8 Å². The van der Waals surface area contributed by atoms with E-state index in [0.717, 1.165) is 76.0 Å². The van der Waals surface area contributed by atoms with Crippen molar-refractivity contribution in [3.05, 3.63) is 145 Å². The lowest BCUT2D eigenvalue weighted by Crippen LogP contribution is -2.43. The molecule has 7 aromatic rings. The van der Waals surface area contributed by atoms with Gasteiger partial charge in [0.05, 0.1) is 23.3 Å². The summed E-state index contributed by atoms with van der Waals surface area (Å²) in [5.74, 6) is 0.676. The minimum atomic E-state index is -0.552. The van der Waals surface area contributed by atoms with Gasteiger partial charge in [-0.2, -0.15) is 5.10 Å². The van der Waals surface area contributed by atoms with E-state index in [1.807, 2.05) is 73.9 Å². The van der Waals surface area contributed by atoms with E-state index in [2.05, 4.69) is 65.8 Å². The van der Waals surface area contributed by atoms with Gasteiger partial charge in [-0.15, -0.1) is 0 Å². The molecule has 0 spiro atoms. The third kappa shape index (κ3) is 7.38. The van der Waals surface area contributed by atoms with E-state index in [1.54, 1.807) is 34.6 Å². The predicted molar refractivity (Wildman–Crippen MR) is 249 cm³/mol. The van der Waals surface area contributed by atoms with Gasteiger partial charge >= 0.3 is 0 Å². The van der Waals surface area contributed by atoms with Crippen molar-refractivity contribution in [3.8, 4) is 56.5 Å². The highest BCUT2D eigenvalue weighted by Gasteiger charge is 2.36. The monoisotopic (exact) mass is 850 g/mol. The highest BCUT2D eigenvalue weighted by molar-refractivity contribution is 6.05. The zero-order chi connectivity index (χ0) is 44.2. The number of pyridine rings is 2. The number of hydrogen-bond donors (Lipinski definition) is 2. The Balaban J connectivity index is 0.000000153. The maximum atomic E-state index is 12.9. The van der Waals surface area contributed by atoms with E-state index in [1.165, 1.54) is 18.4 Å². The van der Waals surface area contributed by atoms with Gasteiger partial charge in [0.15, 0.2) is 12.7 Å². The molecule has 4 aromatic carbocycles. The number of carbonyl (C=O) groups excluding carboxylic acids is 2. The van der Waals surface area contributed by atoms with Crippen molar-refractivity contribution in [2.45, 2.75) is 62.6 Å². The van der Waals surface area contributed by atoms with Crippen LogP contribution in [-0.2, 0) is 27.7 Å². The van der Waals surface area contributed by atoms with Crippen molar-refractivity contribution in [2.75, 3.05) is 23.5 Å². The van der Waals surface area contributed by atoms with Crippen molar-refractivity contribution in [1.29, 1.82) is 0 Å². The second-order valence-electron chi connectivity index (χ2n) is 17.4. The molecular formula is C52H50N8O4. The smallest absolute Gasteiger partial charge is 0.269 e. The molecule has 3 aromatic heterocycles. The number of aromatic nitrogens is 4. The van der Waals surface area contributed by atoms with Crippen molar-refractivity contribution >= 4 is 28.9 Å². The van der Waals surface area contributed by atoms with Crippen LogP contribution in [0, 0.1) is 0 Å². The zero-order valence-electron chi connectivity index (χ0n) is 36.2. The maximum absolute atomic E-state index is 12.9. The Morgan fingerprint density at radius 1 is 0.641 bits per heavy atom. The first kappa shape index (κ1) is 40.9. The Bertz CT molecular complexity index is 2870. The first-order chi connectivity index (χ1) is 31.0. The van der Waals surface area contributed by atoms with Gasteiger partial charge in [-0.25, -0.2) is 9.97 Å². The first-order valence-electron chi connectivity index (χ1n) is 21.9. The van der Waals surface area contributed by atoms with Gasteiger partial charge in [0.2, 0.25) is 11.8 Å². The molecule has 11 rings (SSSR count). The summed E-state index contributed by atoms with van der Waals surface area (Å²) in [6, 6.07) is 40.9. The van der Waals surface area contributed by atoms with Gasteiger partial charge in [0, 0.05) is 53.6 Å². The highest BCUT2D eigenvalue weighted by Crippen LogP contribution is 2.45. The normalized spacial score (nSPS) is 18.0. The van der Waals surface area contributed by atoms with Crippen LogP contribution in [0.4, 0.5) is 17.1 Å². The van der Waals surface area contributed by atoms with Gasteiger partial charge < -0.3 is 25.8 Å². The summed E-state index contributed by atoms with van der Waals surface area (Å²) in [6.45, 7) is 1.68. The minimum absolute atomic E-state index is 0.0749. The second kappa shape index (κ2) is 16.2. The molecule has 2 saturated carbocycles. The molecular weight excluding hydrogens is 801 g/mol. The summed E-state index contributed by atoms with van der Waals surface area (Å²) >= 11 is 0. The number of rotatable bonds is 7. The largest absolute Gasteiger partial charge is 0.466 e. The fraction of sp³-hybridized carbons (Fsp3) is 0.250. The number of ether oxygens (including phenoxy) is 2. The number of aryl methyl sites for hydroxylation is 1. The average molecular weight is 851 g/mol. The van der Waals surface area contributed by atoms with Crippen LogP contribution < -0.4 is 30.7 Å². The number of nitrogens with two attached hydrogens (primary N) is 2. The first-order valence-corrected chi connectivity index (χ1v) is 21.9. The molecule has 1 unspecified atom stereocenters. The molecule has 12 nitrogen and oxygen atoms in total. The summed E-state index contributed by atoms with van der Waals surface area (Å²) in [4.78, 5) is 38.3. The molecule has 12 heteroatoms. The van der Waals surface area contributed by atoms with E-state index in [-0.39, 0.29) is 29.5 Å². The quantitative estimate of drug-likeness (QED) is 0.160. The van der Waals surface area contributed by atoms with E-state index in [0.29, 0.717) is 28.8 Å². The number of amides is 2. The van der Waals surface area contributed by atoms with Crippen LogP contribution in [0.2, 0.25) is 0 Å². The van der Waals surface area contributed by atoms with Crippen LogP contribution in [0.1, 0.15) is 56.6 Å². The fourth-order valence-electron chi connectivity index (χ4n) is 9.04. The van der Waals surface area contributed by atoms with Crippen LogP contribution in [0.5, 0.6) is 11.8 Å². The minimum Gasteiger partial charge on any atom is -0.466 e. The lowest BCUT2D eigenvalue weighted by atomic mass is 9.72. The van der Waals surface area contributed by atoms with Crippen LogP contribution in [0.25, 0.3) is 44.8 Å². The van der Waals surface area contributed by atoms with Gasteiger partial charge in [-0.1, -0.05) is 109 Å². The Morgan fingerprint density at radius 3 is 1.61 bits per heavy atom. The standard InChI is InChI=1S/C27H25N5O2.C25H25N3O2/c1-31-16-21(15-29-31)32-23-14-22(18-6-3-2-4-7-18)25(30-26(23)34-17-24(32)33)19-8-10-20(11-9-19)27(28)12-5-13-27;1-16-24(29)28(2)21-15-20(17-7-4-3-5-8-17)22(27-23(21)30-16)18-9-11-19(12-10-18)25(26)13-6-14-25/h2-4,6-11,14-16H,5,12-13,17,28H2,1H3;3-5,7-12,15-16H,6,13-14,26H2,1-2H3. The number of nitrogens with zero attached hydrogens (tertiary/aromatic N) is 6. The summed E-state index contributed by atoms with van der Waals surface area (Å²) in [5.41, 5.74) is 24.5. The topological polar surface area (TPSA) is 155 Å². The molecule has 0 bridgehead atoms. The van der Waals surface area contributed by atoms with E-state index < -0.39 is 6.10 Å². The number of carbonyl (C=O) groups is 2. The molecule has 0 saturated heterocycles. The average Bonchev–Trinajstić information content (AvgIpc) is 3.74. The molecule has 2 fully saturated rings. The SMILES string of the molecule is CC1Oc2nc(-c3ccc(C4(N)CCC4)cc3)c(-c3ccccc3)cc2N(C)C1=O.Cn1cc(N2C(=O)COc3nc(-c4ccc(C5(N)CCC5)cc4)c(-c4ccccc4)cc32)cn1. The summed E-state index contributed by atoms with van der Waals surface area (Å²) < 4.78 is 13.3. The van der Waals surface area contributed by atoms with Crippen molar-refractivity contribution in [3.63, 3.8) is 0 Å². The van der Waals surface area contributed by atoms with Crippen molar-refractivity contribution in [2.24, 2.45) is 18.5 Å². The molecule has 5 heterocycles. The number of benzene rings is 4. The van der Waals surface area contributed by atoms with Crippen LogP contribution in [-0.4, -0.2) is 51.3 Å².